The molecule has 0 fully saturated rings. The van der Waals surface area contributed by atoms with Gasteiger partial charge in [-0.25, -0.2) is 0 Å². The van der Waals surface area contributed by atoms with E-state index in [1.165, 1.54) is 83.5 Å². The van der Waals surface area contributed by atoms with Crippen LogP contribution in [0.25, 0.3) is 0 Å². The molecule has 0 aromatic carbocycles. The number of esters is 3. The van der Waals surface area contributed by atoms with Crippen molar-refractivity contribution in [2.45, 2.75) is 213 Å². The summed E-state index contributed by atoms with van der Waals surface area (Å²) in [5.41, 5.74) is 0. The van der Waals surface area contributed by atoms with Crippen LogP contribution in [0.5, 0.6) is 0 Å². The number of hydrogen-bond acceptors (Lipinski definition) is 6. The maximum Gasteiger partial charge on any atom is 0.306 e. The topological polar surface area (TPSA) is 78.9 Å². The third kappa shape index (κ3) is 43.7. The molecule has 1 atom stereocenters. The van der Waals surface area contributed by atoms with E-state index < -0.39 is 6.10 Å². The molecule has 0 spiro atoms. The lowest BCUT2D eigenvalue weighted by Gasteiger charge is -2.18. The summed E-state index contributed by atoms with van der Waals surface area (Å²) < 4.78 is 16.7. The third-order valence-corrected chi connectivity index (χ3v) is 9.79. The first kappa shape index (κ1) is 54.6. The molecule has 0 heterocycles. The molecule has 0 rings (SSSR count). The molecule has 0 aromatic heterocycles. The van der Waals surface area contributed by atoms with Crippen LogP contribution >= 0.6 is 0 Å². The Morgan fingerprint density at radius 1 is 0.362 bits per heavy atom. The molecule has 58 heavy (non-hydrogen) atoms. The summed E-state index contributed by atoms with van der Waals surface area (Å²) in [5.74, 6) is -0.980. The lowest BCUT2D eigenvalue weighted by molar-refractivity contribution is -0.167. The quantitative estimate of drug-likeness (QED) is 0.0265. The molecule has 0 aliphatic rings. The second-order valence-corrected chi connectivity index (χ2v) is 15.4. The van der Waals surface area contributed by atoms with Crippen molar-refractivity contribution in [3.63, 3.8) is 0 Å². The van der Waals surface area contributed by atoms with E-state index in [-0.39, 0.29) is 37.5 Å². The van der Waals surface area contributed by atoms with E-state index in [0.29, 0.717) is 19.3 Å². The van der Waals surface area contributed by atoms with Gasteiger partial charge in [-0.15, -0.1) is 0 Å². The van der Waals surface area contributed by atoms with E-state index >= 15 is 0 Å². The van der Waals surface area contributed by atoms with Crippen molar-refractivity contribution >= 4 is 17.9 Å². The van der Waals surface area contributed by atoms with Gasteiger partial charge in [0.15, 0.2) is 6.10 Å². The van der Waals surface area contributed by atoms with Crippen molar-refractivity contribution in [1.82, 2.24) is 0 Å². The van der Waals surface area contributed by atoms with Gasteiger partial charge in [0.1, 0.15) is 13.2 Å². The highest BCUT2D eigenvalue weighted by molar-refractivity contribution is 5.71. The zero-order chi connectivity index (χ0) is 42.3. The first-order chi connectivity index (χ1) is 28.5. The second-order valence-electron chi connectivity index (χ2n) is 15.4. The summed E-state index contributed by atoms with van der Waals surface area (Å²) >= 11 is 0. The molecule has 6 heteroatoms. The van der Waals surface area contributed by atoms with Crippen molar-refractivity contribution in [2.75, 3.05) is 13.2 Å². The van der Waals surface area contributed by atoms with Gasteiger partial charge in [0.2, 0.25) is 0 Å². The van der Waals surface area contributed by atoms with Crippen LogP contribution in [0.3, 0.4) is 0 Å². The Balaban J connectivity index is 4.49. The number of ether oxygens (including phenoxy) is 3. The number of allylic oxidation sites excluding steroid dienone is 14. The fourth-order valence-electron chi connectivity index (χ4n) is 6.22. The molecule has 0 aliphatic carbocycles. The van der Waals surface area contributed by atoms with Crippen LogP contribution in [0, 0.1) is 0 Å². The molecule has 0 saturated heterocycles. The van der Waals surface area contributed by atoms with Gasteiger partial charge < -0.3 is 14.2 Å². The lowest BCUT2D eigenvalue weighted by atomic mass is 10.1. The highest BCUT2D eigenvalue weighted by Crippen LogP contribution is 2.13. The summed E-state index contributed by atoms with van der Waals surface area (Å²) in [7, 11) is 0. The van der Waals surface area contributed by atoms with Crippen molar-refractivity contribution in [3.8, 4) is 0 Å². The number of rotatable bonds is 41. The van der Waals surface area contributed by atoms with E-state index in [9.17, 15) is 14.4 Å². The molecular weight excluding hydrogens is 721 g/mol. The highest BCUT2D eigenvalue weighted by Gasteiger charge is 2.19. The van der Waals surface area contributed by atoms with Crippen LogP contribution in [-0.4, -0.2) is 37.2 Å². The van der Waals surface area contributed by atoms with E-state index in [4.69, 9.17) is 14.2 Å². The molecule has 0 bridgehead atoms. The first-order valence-corrected chi connectivity index (χ1v) is 23.7. The average Bonchev–Trinajstić information content (AvgIpc) is 3.22. The zero-order valence-corrected chi connectivity index (χ0v) is 37.5. The van der Waals surface area contributed by atoms with Crippen molar-refractivity contribution < 1.29 is 28.6 Å². The van der Waals surface area contributed by atoms with E-state index in [0.717, 1.165) is 77.0 Å². The molecule has 0 aliphatic heterocycles. The summed E-state index contributed by atoms with van der Waals surface area (Å²) in [6.45, 7) is 6.39. The number of unbranched alkanes of at least 4 members (excludes halogenated alkanes) is 21. The predicted molar refractivity (Wildman–Crippen MR) is 247 cm³/mol. The Hall–Kier alpha value is -3.41. The van der Waals surface area contributed by atoms with E-state index in [1.807, 2.05) is 48.6 Å². The van der Waals surface area contributed by atoms with Gasteiger partial charge in [-0.2, -0.15) is 0 Å². The average molecular weight is 807 g/mol. The van der Waals surface area contributed by atoms with E-state index in [2.05, 4.69) is 57.2 Å². The molecule has 0 N–H and O–H groups in total. The fraction of sp³-hybridized carbons (Fsp3) is 0.673. The normalized spacial score (nSPS) is 12.8. The maximum absolute atomic E-state index is 12.7. The van der Waals surface area contributed by atoms with Crippen LogP contribution in [0.2, 0.25) is 0 Å². The lowest BCUT2D eigenvalue weighted by Crippen LogP contribution is -2.30. The van der Waals surface area contributed by atoms with Crippen LogP contribution in [0.4, 0.5) is 0 Å². The summed E-state index contributed by atoms with van der Waals surface area (Å²) in [4.78, 5) is 37.7. The number of carbonyl (C=O) groups is 3. The molecule has 330 valence electrons. The summed E-state index contributed by atoms with van der Waals surface area (Å²) in [6.07, 6.45) is 58.5. The molecule has 6 nitrogen and oxygen atoms in total. The zero-order valence-electron chi connectivity index (χ0n) is 37.5. The van der Waals surface area contributed by atoms with Crippen LogP contribution in [0.15, 0.2) is 85.1 Å². The van der Waals surface area contributed by atoms with Crippen molar-refractivity contribution in [2.24, 2.45) is 0 Å². The van der Waals surface area contributed by atoms with Gasteiger partial charge in [-0.3, -0.25) is 14.4 Å². The number of carbonyl (C=O) groups excluding carboxylic acids is 3. The molecule has 0 saturated carbocycles. The number of hydrogen-bond donors (Lipinski definition) is 0. The minimum absolute atomic E-state index is 0.102. The van der Waals surface area contributed by atoms with Gasteiger partial charge in [0, 0.05) is 19.3 Å². The van der Waals surface area contributed by atoms with Gasteiger partial charge in [-0.05, 0) is 64.2 Å². The summed E-state index contributed by atoms with van der Waals surface area (Å²) in [6, 6.07) is 0. The van der Waals surface area contributed by atoms with Gasteiger partial charge in [-0.1, -0.05) is 209 Å². The Labute approximate surface area is 356 Å². The molecule has 1 unspecified atom stereocenters. The molecular formula is C52H86O6. The Bertz CT molecular complexity index is 1160. The Morgan fingerprint density at radius 3 is 1.09 bits per heavy atom. The standard InChI is InChI=1S/C52H86O6/c1-4-7-10-13-16-19-21-23-25-27-28-30-33-36-39-42-45-51(54)57-48-49(47-56-50(53)44-41-38-35-32-18-15-12-9-6-3)58-52(55)46-43-40-37-34-31-29-26-24-22-20-17-14-11-8-5-2/h8,11,14,17,20,22,24-31,49H,4-7,9-10,12-13,15-16,18-19,21,23,32-48H2,1-3H3/b11-8-,17-14-,22-20-,26-24-,27-25-,30-28-,31-29-. The van der Waals surface area contributed by atoms with Crippen molar-refractivity contribution in [1.29, 1.82) is 0 Å². The smallest absolute Gasteiger partial charge is 0.306 e. The minimum atomic E-state index is -0.806. The predicted octanol–water partition coefficient (Wildman–Crippen LogP) is 15.3. The van der Waals surface area contributed by atoms with Gasteiger partial charge >= 0.3 is 17.9 Å². The van der Waals surface area contributed by atoms with Gasteiger partial charge in [0.05, 0.1) is 0 Å². The van der Waals surface area contributed by atoms with E-state index in [1.54, 1.807) is 0 Å². The van der Waals surface area contributed by atoms with Crippen LogP contribution in [-0.2, 0) is 28.6 Å². The highest BCUT2D eigenvalue weighted by atomic mass is 16.6. The Kier molecular flexibility index (Phi) is 43.6. The minimum Gasteiger partial charge on any atom is -0.462 e. The second kappa shape index (κ2) is 46.3. The van der Waals surface area contributed by atoms with Gasteiger partial charge in [0.25, 0.3) is 0 Å². The maximum atomic E-state index is 12.7. The van der Waals surface area contributed by atoms with Crippen LogP contribution < -0.4 is 0 Å². The fourth-order valence-corrected chi connectivity index (χ4v) is 6.22. The molecule has 0 amide bonds. The molecule has 0 radical (unpaired) electrons. The SMILES string of the molecule is CC\C=C/C=C\C=C/C=C\C=C/CCCCCC(=O)OC(COC(=O)CCCCC/C=C\C=C/CCCCCCCCC)COC(=O)CCCCCCCCCCC. The molecule has 0 aromatic rings. The summed E-state index contributed by atoms with van der Waals surface area (Å²) in [5, 5.41) is 0. The largest absolute Gasteiger partial charge is 0.462 e. The third-order valence-electron chi connectivity index (χ3n) is 9.79. The van der Waals surface area contributed by atoms with Crippen LogP contribution in [0.1, 0.15) is 207 Å². The monoisotopic (exact) mass is 807 g/mol. The first-order valence-electron chi connectivity index (χ1n) is 23.7. The van der Waals surface area contributed by atoms with Crippen molar-refractivity contribution in [3.05, 3.63) is 85.1 Å². The Morgan fingerprint density at radius 2 is 0.672 bits per heavy atom.